The number of rotatable bonds is 2. The molecule has 1 aromatic rings. The van der Waals surface area contributed by atoms with E-state index in [4.69, 9.17) is 0 Å². The molecule has 0 saturated carbocycles. The van der Waals surface area contributed by atoms with Crippen molar-refractivity contribution in [1.29, 1.82) is 0 Å². The Balaban J connectivity index is 1.69. The molecule has 2 unspecified atom stereocenters. The van der Waals surface area contributed by atoms with E-state index in [1.165, 1.54) is 25.7 Å². The van der Waals surface area contributed by atoms with E-state index in [0.29, 0.717) is 0 Å². The zero-order valence-corrected chi connectivity index (χ0v) is 10.1. The number of hydrogen-bond acceptors (Lipinski definition) is 3. The van der Waals surface area contributed by atoms with Gasteiger partial charge in [0, 0.05) is 25.6 Å². The van der Waals surface area contributed by atoms with Crippen molar-refractivity contribution in [2.45, 2.75) is 51.1 Å². The second-order valence-electron chi connectivity index (χ2n) is 5.38. The monoisotopic (exact) mass is 220 g/mol. The number of fused-ring (bicyclic) bond motifs is 2. The van der Waals surface area contributed by atoms with Crippen LogP contribution in [0.15, 0.2) is 0 Å². The van der Waals surface area contributed by atoms with Crippen LogP contribution in [0.1, 0.15) is 37.3 Å². The van der Waals surface area contributed by atoms with Crippen molar-refractivity contribution in [3.63, 3.8) is 0 Å². The van der Waals surface area contributed by atoms with E-state index in [1.54, 1.807) is 0 Å². The fourth-order valence-electron chi connectivity index (χ4n) is 3.33. The summed E-state index contributed by atoms with van der Waals surface area (Å²) in [6.45, 7) is 1.97. The summed E-state index contributed by atoms with van der Waals surface area (Å²) in [4.78, 5) is 4.51. The molecule has 2 aliphatic rings. The molecule has 0 spiro atoms. The number of nitrogens with one attached hydrogen (secondary N) is 1. The molecular formula is C12H20N4. The van der Waals surface area contributed by atoms with Crippen LogP contribution in [0.2, 0.25) is 0 Å². The molecule has 4 heteroatoms. The van der Waals surface area contributed by atoms with Crippen LogP contribution in [0.3, 0.4) is 0 Å². The van der Waals surface area contributed by atoms with Gasteiger partial charge in [0.2, 0.25) is 0 Å². The van der Waals surface area contributed by atoms with Gasteiger partial charge >= 0.3 is 0 Å². The molecule has 1 N–H and O–H groups in total. The van der Waals surface area contributed by atoms with E-state index in [-0.39, 0.29) is 0 Å². The number of nitrogens with zero attached hydrogens (tertiary/aromatic N) is 3. The lowest BCUT2D eigenvalue weighted by Crippen LogP contribution is -2.38. The fourth-order valence-corrected chi connectivity index (χ4v) is 3.33. The summed E-state index contributed by atoms with van der Waals surface area (Å²) in [7, 11) is 2.00. The van der Waals surface area contributed by atoms with Crippen LogP contribution in [-0.4, -0.2) is 26.8 Å². The standard InChI is InChI=1S/C12H20N4/c1-8-13-12(16(2)15-8)7-9-5-10-3-4-11(6-9)14-10/h9-11,14H,3-7H2,1-2H3. The van der Waals surface area contributed by atoms with E-state index in [9.17, 15) is 0 Å². The van der Waals surface area contributed by atoms with Gasteiger partial charge in [0.05, 0.1) is 0 Å². The van der Waals surface area contributed by atoms with Crippen LogP contribution in [0.25, 0.3) is 0 Å². The predicted molar refractivity (Wildman–Crippen MR) is 62.1 cm³/mol. The molecule has 4 nitrogen and oxygen atoms in total. The van der Waals surface area contributed by atoms with E-state index >= 15 is 0 Å². The van der Waals surface area contributed by atoms with Crippen molar-refractivity contribution < 1.29 is 0 Å². The first-order valence-corrected chi connectivity index (χ1v) is 6.33. The second-order valence-corrected chi connectivity index (χ2v) is 5.38. The lowest BCUT2D eigenvalue weighted by molar-refractivity contribution is 0.293. The second kappa shape index (κ2) is 3.84. The molecular weight excluding hydrogens is 200 g/mol. The highest BCUT2D eigenvalue weighted by Gasteiger charge is 2.33. The van der Waals surface area contributed by atoms with Crippen LogP contribution in [0.4, 0.5) is 0 Å². The van der Waals surface area contributed by atoms with Crippen molar-refractivity contribution in [2.75, 3.05) is 0 Å². The first-order valence-electron chi connectivity index (χ1n) is 6.33. The Labute approximate surface area is 96.4 Å². The lowest BCUT2D eigenvalue weighted by atomic mass is 9.89. The minimum atomic E-state index is 0.776. The van der Waals surface area contributed by atoms with Crippen LogP contribution in [0, 0.1) is 12.8 Å². The molecule has 2 saturated heterocycles. The quantitative estimate of drug-likeness (QED) is 0.814. The molecule has 3 heterocycles. The van der Waals surface area contributed by atoms with Crippen LogP contribution >= 0.6 is 0 Å². The average molecular weight is 220 g/mol. The minimum Gasteiger partial charge on any atom is -0.311 e. The van der Waals surface area contributed by atoms with Crippen molar-refractivity contribution in [2.24, 2.45) is 13.0 Å². The maximum atomic E-state index is 4.51. The third kappa shape index (κ3) is 1.86. The lowest BCUT2D eigenvalue weighted by Gasteiger charge is -2.28. The Morgan fingerprint density at radius 3 is 2.56 bits per heavy atom. The predicted octanol–water partition coefficient (Wildman–Crippen LogP) is 1.20. The van der Waals surface area contributed by atoms with Crippen molar-refractivity contribution in [3.8, 4) is 0 Å². The van der Waals surface area contributed by atoms with Gasteiger partial charge in [-0.05, 0) is 38.5 Å². The van der Waals surface area contributed by atoms with Gasteiger partial charge in [-0.3, -0.25) is 4.68 Å². The summed E-state index contributed by atoms with van der Waals surface area (Å²) in [5.41, 5.74) is 0. The smallest absolute Gasteiger partial charge is 0.147 e. The molecule has 2 atom stereocenters. The van der Waals surface area contributed by atoms with Crippen LogP contribution in [-0.2, 0) is 13.5 Å². The molecule has 2 bridgehead atoms. The van der Waals surface area contributed by atoms with E-state index < -0.39 is 0 Å². The van der Waals surface area contributed by atoms with E-state index in [1.807, 2.05) is 18.7 Å². The summed E-state index contributed by atoms with van der Waals surface area (Å²) in [5, 5.41) is 8.00. The molecule has 0 amide bonds. The third-order valence-corrected chi connectivity index (χ3v) is 4.00. The van der Waals surface area contributed by atoms with Gasteiger partial charge in [-0.2, -0.15) is 5.10 Å². The molecule has 2 fully saturated rings. The number of piperidine rings is 1. The van der Waals surface area contributed by atoms with Crippen molar-refractivity contribution in [3.05, 3.63) is 11.6 Å². The summed E-state index contributed by atoms with van der Waals surface area (Å²) < 4.78 is 1.94. The van der Waals surface area contributed by atoms with Gasteiger partial charge in [-0.1, -0.05) is 0 Å². The molecule has 3 rings (SSSR count). The number of hydrogen-bond donors (Lipinski definition) is 1. The molecule has 0 aromatic carbocycles. The van der Waals surface area contributed by atoms with Gasteiger partial charge < -0.3 is 5.32 Å². The number of aryl methyl sites for hydroxylation is 2. The molecule has 16 heavy (non-hydrogen) atoms. The molecule has 1 aromatic heterocycles. The van der Waals surface area contributed by atoms with Gasteiger partial charge in [-0.15, -0.1) is 0 Å². The Hall–Kier alpha value is -0.900. The van der Waals surface area contributed by atoms with Gasteiger partial charge in [0.25, 0.3) is 0 Å². The maximum absolute atomic E-state index is 4.51. The summed E-state index contributed by atoms with van der Waals surface area (Å²) in [6, 6.07) is 1.55. The summed E-state index contributed by atoms with van der Waals surface area (Å²) in [6.07, 6.45) is 6.49. The number of aromatic nitrogens is 3. The SMILES string of the molecule is Cc1nc(CC2CC3CCC(C2)N3)n(C)n1. The Bertz CT molecular complexity index is 372. The van der Waals surface area contributed by atoms with Crippen molar-refractivity contribution >= 4 is 0 Å². The first kappa shape index (κ1) is 10.3. The van der Waals surface area contributed by atoms with E-state index in [2.05, 4.69) is 15.4 Å². The zero-order valence-electron chi connectivity index (χ0n) is 10.1. The maximum Gasteiger partial charge on any atom is 0.147 e. The molecule has 0 aliphatic carbocycles. The Kier molecular flexibility index (Phi) is 2.46. The Morgan fingerprint density at radius 1 is 1.31 bits per heavy atom. The average Bonchev–Trinajstić information content (AvgIpc) is 2.71. The van der Waals surface area contributed by atoms with E-state index in [0.717, 1.165) is 36.1 Å². The molecule has 0 radical (unpaired) electrons. The van der Waals surface area contributed by atoms with Crippen molar-refractivity contribution in [1.82, 2.24) is 20.1 Å². The largest absolute Gasteiger partial charge is 0.311 e. The first-order chi connectivity index (χ1) is 7.70. The summed E-state index contributed by atoms with van der Waals surface area (Å²) >= 11 is 0. The minimum absolute atomic E-state index is 0.776. The summed E-state index contributed by atoms with van der Waals surface area (Å²) in [5.74, 6) is 2.86. The Morgan fingerprint density at radius 2 is 2.00 bits per heavy atom. The zero-order chi connectivity index (χ0) is 11.1. The highest BCUT2D eigenvalue weighted by molar-refractivity contribution is 4.98. The highest BCUT2D eigenvalue weighted by atomic mass is 15.3. The van der Waals surface area contributed by atoms with Crippen LogP contribution < -0.4 is 5.32 Å². The van der Waals surface area contributed by atoms with Crippen LogP contribution in [0.5, 0.6) is 0 Å². The van der Waals surface area contributed by atoms with Gasteiger partial charge in [-0.25, -0.2) is 4.98 Å². The molecule has 2 aliphatic heterocycles. The van der Waals surface area contributed by atoms with Gasteiger partial charge in [0.15, 0.2) is 0 Å². The fraction of sp³-hybridized carbons (Fsp3) is 0.833. The topological polar surface area (TPSA) is 42.7 Å². The highest BCUT2D eigenvalue weighted by Crippen LogP contribution is 2.32. The molecule has 88 valence electrons. The third-order valence-electron chi connectivity index (χ3n) is 4.00. The van der Waals surface area contributed by atoms with Gasteiger partial charge in [0.1, 0.15) is 11.6 Å². The normalized spacial score (nSPS) is 33.2.